The fraction of sp³-hybridized carbons (Fsp3) is 0.921. The van der Waals surface area contributed by atoms with Crippen LogP contribution >= 0.6 is 0 Å². The van der Waals surface area contributed by atoms with Gasteiger partial charge in [-0.2, -0.15) is 0 Å². The number of carbonyl (C=O) groups is 1. The van der Waals surface area contributed by atoms with Crippen LogP contribution in [0.15, 0.2) is 11.6 Å². The molecule has 3 N–H and O–H groups in total. The molecule has 45 heavy (non-hydrogen) atoms. The molecule has 7 nitrogen and oxygen atoms in total. The molecule has 5 rings (SSSR count). The lowest BCUT2D eigenvalue weighted by Gasteiger charge is -2.58. The Morgan fingerprint density at radius 2 is 1.80 bits per heavy atom. The van der Waals surface area contributed by atoms with E-state index in [0.29, 0.717) is 18.6 Å². The third-order valence-electron chi connectivity index (χ3n) is 13.3. The first kappa shape index (κ1) is 35.2. The van der Waals surface area contributed by atoms with Crippen LogP contribution in [-0.4, -0.2) is 60.7 Å². The first-order valence-corrected chi connectivity index (χ1v) is 18.8. The molecule has 1 aliphatic heterocycles. The van der Waals surface area contributed by atoms with Crippen molar-refractivity contribution in [3.05, 3.63) is 11.6 Å². The van der Waals surface area contributed by atoms with Crippen LogP contribution in [0.25, 0.3) is 0 Å². The van der Waals surface area contributed by atoms with Gasteiger partial charge in [0.05, 0.1) is 6.61 Å². The predicted octanol–water partition coefficient (Wildman–Crippen LogP) is 7.78. The number of rotatable bonds is 14. The molecule has 4 aliphatic carbocycles. The second kappa shape index (κ2) is 15.4. The molecule has 0 aromatic rings. The number of amides is 1. The zero-order chi connectivity index (χ0) is 32.2. The second-order valence-corrected chi connectivity index (χ2v) is 16.5. The third kappa shape index (κ3) is 7.95. The van der Waals surface area contributed by atoms with Gasteiger partial charge in [-0.05, 0) is 104 Å². The highest BCUT2D eigenvalue weighted by atomic mass is 16.7. The number of hydrogen-bond acceptors (Lipinski definition) is 6. The van der Waals surface area contributed by atoms with Gasteiger partial charge in [0.1, 0.15) is 18.3 Å². The van der Waals surface area contributed by atoms with E-state index in [1.807, 2.05) is 0 Å². The molecule has 0 bridgehead atoms. The molecule has 5 aliphatic rings. The van der Waals surface area contributed by atoms with Crippen molar-refractivity contribution in [2.24, 2.45) is 46.3 Å². The monoisotopic (exact) mass is 631 g/mol. The summed E-state index contributed by atoms with van der Waals surface area (Å²) in [7, 11) is 0. The molecule has 1 saturated heterocycles. The topological polar surface area (TPSA) is 97.3 Å². The lowest BCUT2D eigenvalue weighted by Crippen LogP contribution is -2.51. The lowest BCUT2D eigenvalue weighted by atomic mass is 9.47. The van der Waals surface area contributed by atoms with Crippen LogP contribution in [0.5, 0.6) is 0 Å². The minimum Gasteiger partial charge on any atom is -0.446 e. The Labute approximate surface area is 273 Å². The molecule has 0 aromatic carbocycles. The first-order chi connectivity index (χ1) is 21.5. The van der Waals surface area contributed by atoms with E-state index in [1.165, 1.54) is 51.4 Å². The number of allylic oxidation sites excluding steroid dienone is 1. The lowest BCUT2D eigenvalue weighted by molar-refractivity contribution is -0.153. The van der Waals surface area contributed by atoms with Gasteiger partial charge in [-0.3, -0.25) is 0 Å². The number of nitrogens with one attached hydrogen (secondary N) is 1. The number of unbranched alkanes of at least 4 members (excludes halogenated alkanes) is 3. The summed E-state index contributed by atoms with van der Waals surface area (Å²) in [6, 6.07) is 0. The summed E-state index contributed by atoms with van der Waals surface area (Å²) >= 11 is 0. The zero-order valence-electron chi connectivity index (χ0n) is 29.1. The Kier molecular flexibility index (Phi) is 12.0. The summed E-state index contributed by atoms with van der Waals surface area (Å²) in [5.41, 5.74) is 2.36. The number of carbonyl (C=O) groups excluding carboxylic acids is 1. The Bertz CT molecular complexity index is 1000. The van der Waals surface area contributed by atoms with Crippen LogP contribution < -0.4 is 5.32 Å². The summed E-state index contributed by atoms with van der Waals surface area (Å²) in [6.07, 6.45) is 17.5. The van der Waals surface area contributed by atoms with E-state index in [4.69, 9.17) is 14.2 Å². The van der Waals surface area contributed by atoms with Gasteiger partial charge in [0.15, 0.2) is 6.29 Å². The smallest absolute Gasteiger partial charge is 0.407 e. The Morgan fingerprint density at radius 1 is 1.00 bits per heavy atom. The fourth-order valence-corrected chi connectivity index (χ4v) is 10.6. The molecular formula is C38H65NO6. The Morgan fingerprint density at radius 3 is 2.56 bits per heavy atom. The van der Waals surface area contributed by atoms with Crippen molar-refractivity contribution in [2.75, 3.05) is 19.8 Å². The van der Waals surface area contributed by atoms with E-state index >= 15 is 0 Å². The van der Waals surface area contributed by atoms with Crippen LogP contribution in [0.2, 0.25) is 0 Å². The highest BCUT2D eigenvalue weighted by Crippen LogP contribution is 2.67. The van der Waals surface area contributed by atoms with Gasteiger partial charge >= 0.3 is 6.09 Å². The summed E-state index contributed by atoms with van der Waals surface area (Å²) in [5.74, 6) is 5.05. The maximum absolute atomic E-state index is 12.6. The average molecular weight is 632 g/mol. The van der Waals surface area contributed by atoms with Gasteiger partial charge in [-0.15, -0.1) is 0 Å². The Hall–Kier alpha value is -1.15. The third-order valence-corrected chi connectivity index (χ3v) is 13.3. The quantitative estimate of drug-likeness (QED) is 0.134. The van der Waals surface area contributed by atoms with Crippen molar-refractivity contribution in [3.63, 3.8) is 0 Å². The molecule has 0 unspecified atom stereocenters. The van der Waals surface area contributed by atoms with Crippen LogP contribution in [0.1, 0.15) is 131 Å². The molecule has 0 aromatic heterocycles. The van der Waals surface area contributed by atoms with Crippen LogP contribution in [0, 0.1) is 46.3 Å². The molecule has 1 amide bonds. The molecule has 3 saturated carbocycles. The number of ether oxygens (including phenoxy) is 3. The number of aliphatic hydroxyl groups excluding tert-OH is 2. The summed E-state index contributed by atoms with van der Waals surface area (Å²) < 4.78 is 16.7. The summed E-state index contributed by atoms with van der Waals surface area (Å²) in [4.78, 5) is 12.6. The van der Waals surface area contributed by atoms with Crippen molar-refractivity contribution >= 4 is 6.09 Å². The molecule has 11 atom stereocenters. The maximum Gasteiger partial charge on any atom is 0.407 e. The zero-order valence-corrected chi connectivity index (χ0v) is 29.1. The fourth-order valence-electron chi connectivity index (χ4n) is 10.6. The first-order valence-electron chi connectivity index (χ1n) is 18.8. The number of alkyl carbamates (subject to hydrolysis) is 1. The minimum atomic E-state index is -0.967. The van der Waals surface area contributed by atoms with Gasteiger partial charge in [-0.1, -0.05) is 78.4 Å². The number of hydrogen-bond donors (Lipinski definition) is 3. The number of fused-ring (bicyclic) bond motifs is 5. The number of aliphatic hydroxyl groups is 2. The van der Waals surface area contributed by atoms with E-state index in [-0.39, 0.29) is 24.2 Å². The standard InChI is InChI=1S/C38H65NO6/c1-25(2)11-10-12-26(3)30-15-16-31-29-14-13-27-23-28(17-19-37(27,4)32(29)18-20-38(30,31)5)45-36(42)39-21-8-6-7-9-22-43-35-34(41)33(40)24-44-35/h13,25-26,28-35,40-41H,6-12,14-24H2,1-5H3,(H,39,42)/t26-,28+,29+,30-,31+,32+,33+,34+,35+,37+,38-/m1/s1. The highest BCUT2D eigenvalue weighted by molar-refractivity contribution is 5.67. The molecule has 0 radical (unpaired) electrons. The molecular weight excluding hydrogens is 566 g/mol. The highest BCUT2D eigenvalue weighted by Gasteiger charge is 2.59. The van der Waals surface area contributed by atoms with Crippen molar-refractivity contribution in [1.82, 2.24) is 5.32 Å². The van der Waals surface area contributed by atoms with Gasteiger partial charge in [0, 0.05) is 19.6 Å². The van der Waals surface area contributed by atoms with Gasteiger partial charge in [-0.25, -0.2) is 4.79 Å². The van der Waals surface area contributed by atoms with Crippen LogP contribution in [-0.2, 0) is 14.2 Å². The molecule has 0 spiro atoms. The van der Waals surface area contributed by atoms with E-state index in [1.54, 1.807) is 5.57 Å². The molecule has 7 heteroatoms. The molecule has 1 heterocycles. The maximum atomic E-state index is 12.6. The van der Waals surface area contributed by atoms with Crippen LogP contribution in [0.3, 0.4) is 0 Å². The minimum absolute atomic E-state index is 0.0129. The van der Waals surface area contributed by atoms with Gasteiger partial charge in [0.2, 0.25) is 0 Å². The largest absolute Gasteiger partial charge is 0.446 e. The van der Waals surface area contributed by atoms with Crippen molar-refractivity contribution in [1.29, 1.82) is 0 Å². The van der Waals surface area contributed by atoms with Crippen molar-refractivity contribution in [3.8, 4) is 0 Å². The SMILES string of the molecule is CC(C)CCC[C@@H](C)[C@H]1CC[C@H]2[C@@H]3CC=C4C[C@@H](OC(=O)NCCCCCCO[C@H]5OC[C@H](O)[C@@H]5O)CC[C@]4(C)[C@H]3CC[C@]12C. The van der Waals surface area contributed by atoms with E-state index < -0.39 is 18.5 Å². The van der Waals surface area contributed by atoms with Crippen LogP contribution in [0.4, 0.5) is 4.79 Å². The normalized spacial score (nSPS) is 40.0. The van der Waals surface area contributed by atoms with E-state index in [9.17, 15) is 15.0 Å². The summed E-state index contributed by atoms with van der Waals surface area (Å²) in [6.45, 7) is 13.7. The summed E-state index contributed by atoms with van der Waals surface area (Å²) in [5, 5.41) is 22.2. The average Bonchev–Trinajstić information content (AvgIpc) is 3.52. The molecule has 4 fully saturated rings. The van der Waals surface area contributed by atoms with Gasteiger partial charge < -0.3 is 29.7 Å². The Balaban J connectivity index is 1.02. The van der Waals surface area contributed by atoms with E-state index in [2.05, 4.69) is 46.0 Å². The second-order valence-electron chi connectivity index (χ2n) is 16.5. The van der Waals surface area contributed by atoms with Gasteiger partial charge in [0.25, 0.3) is 0 Å². The predicted molar refractivity (Wildman–Crippen MR) is 177 cm³/mol. The van der Waals surface area contributed by atoms with Crippen molar-refractivity contribution < 1.29 is 29.2 Å². The van der Waals surface area contributed by atoms with Crippen molar-refractivity contribution in [2.45, 2.75) is 156 Å². The molecule has 258 valence electrons. The van der Waals surface area contributed by atoms with E-state index in [0.717, 1.165) is 80.5 Å².